The number of carbonyl (C=O) groups is 2. The summed E-state index contributed by atoms with van der Waals surface area (Å²) in [5.74, 6) is -1.83. The van der Waals surface area contributed by atoms with E-state index in [1.807, 2.05) is 30.3 Å². The number of benzene rings is 5. The van der Waals surface area contributed by atoms with E-state index in [0.717, 1.165) is 31.2 Å². The van der Waals surface area contributed by atoms with Gasteiger partial charge in [0.2, 0.25) is 0 Å². The molecule has 11 rings (SSSR count). The molecule has 2 fully saturated rings. The van der Waals surface area contributed by atoms with Crippen LogP contribution in [0.3, 0.4) is 0 Å². The zero-order valence-corrected chi connectivity index (χ0v) is 40.2. The highest BCUT2D eigenvalue weighted by Crippen LogP contribution is 2.50. The second kappa shape index (κ2) is 22.4. The van der Waals surface area contributed by atoms with Crippen LogP contribution >= 0.6 is 0 Å². The Kier molecular flexibility index (Phi) is 11.6. The number of esters is 1. The lowest BCUT2D eigenvalue weighted by atomic mass is 10.0. The van der Waals surface area contributed by atoms with Crippen LogP contribution in [0.15, 0.2) is 114 Å². The minimum absolute atomic E-state index is 0. The van der Waals surface area contributed by atoms with Gasteiger partial charge >= 0.3 is 5.97 Å². The van der Waals surface area contributed by atoms with Crippen molar-refractivity contribution >= 4 is 46.4 Å². The van der Waals surface area contributed by atoms with Crippen molar-refractivity contribution in [3.63, 3.8) is 0 Å². The minimum atomic E-state index is -2.64. The number of methoxy groups -OCH3 is 2. The number of hydrogen-bond acceptors (Lipinski definition) is 13. The quantitative estimate of drug-likeness (QED) is 0.0608. The highest BCUT2D eigenvalue weighted by molar-refractivity contribution is 5.89. The van der Waals surface area contributed by atoms with Gasteiger partial charge in [-0.15, -0.1) is 0 Å². The smallest absolute Gasteiger partial charge is 0.306 e. The third-order valence-corrected chi connectivity index (χ3v) is 12.4. The molecule has 386 valence electrons. The number of allylic oxidation sites excluding steroid dienone is 2. The summed E-state index contributed by atoms with van der Waals surface area (Å²) in [4.78, 5) is 29.6. The summed E-state index contributed by atoms with van der Waals surface area (Å²) in [7, 11) is 2.93. The molecule has 16 heteroatoms. The molecular weight excluding hydrogens is 951 g/mol. The molecule has 74 heavy (non-hydrogen) atoms. The fourth-order valence-corrected chi connectivity index (χ4v) is 8.00. The molecule has 0 aliphatic heterocycles. The predicted octanol–water partition coefficient (Wildman–Crippen LogP) is 12.4. The molecule has 6 N–H and O–H groups in total. The number of pyridine rings is 2. The van der Waals surface area contributed by atoms with E-state index in [1.54, 1.807) is 24.3 Å². The van der Waals surface area contributed by atoms with Crippen LogP contribution < -0.4 is 40.3 Å². The number of nitrogens with zero attached hydrogens (tertiary/aromatic N) is 2. The van der Waals surface area contributed by atoms with E-state index in [0.29, 0.717) is 51.4 Å². The maximum Gasteiger partial charge on any atom is 0.306 e. The molecule has 4 aliphatic carbocycles. The molecule has 2 heterocycles. The van der Waals surface area contributed by atoms with E-state index in [4.69, 9.17) is 65.2 Å². The highest BCUT2D eigenvalue weighted by atomic mass is 19.1. The van der Waals surface area contributed by atoms with Crippen molar-refractivity contribution in [2.75, 3.05) is 27.4 Å². The second-order valence-corrected chi connectivity index (χ2v) is 17.8. The molecule has 0 radical (unpaired) electrons. The highest BCUT2D eigenvalue weighted by Gasteiger charge is 2.46. The molecule has 0 bridgehead atoms. The van der Waals surface area contributed by atoms with Crippen molar-refractivity contribution in [2.24, 2.45) is 11.1 Å². The van der Waals surface area contributed by atoms with Crippen LogP contribution in [0.4, 0.5) is 8.78 Å². The molecule has 0 saturated heterocycles. The molecule has 7 aromatic rings. The van der Waals surface area contributed by atoms with Gasteiger partial charge < -0.3 is 51.6 Å². The van der Waals surface area contributed by atoms with Gasteiger partial charge in [-0.25, -0.2) is 8.78 Å². The van der Waals surface area contributed by atoms with Gasteiger partial charge in [-0.2, -0.15) is 0 Å². The largest absolute Gasteiger partial charge is 1.00 e. The molecule has 0 unspecified atom stereocenters. The first-order chi connectivity index (χ1) is 40.2. The number of halogens is 2. The minimum Gasteiger partial charge on any atom is -1.00 e. The van der Waals surface area contributed by atoms with Crippen molar-refractivity contribution in [1.82, 2.24) is 16.1 Å². The molecule has 4 aliphatic rings. The Bertz CT molecular complexity index is 3860. The van der Waals surface area contributed by atoms with E-state index >= 15 is 8.78 Å². The first kappa shape index (κ1) is 38.5. The average molecular weight is 1020 g/mol. The predicted molar refractivity (Wildman–Crippen MR) is 279 cm³/mol. The monoisotopic (exact) mass is 1020 g/mol. The number of aromatic nitrogens is 2. The molecule has 0 atom stereocenters. The van der Waals surface area contributed by atoms with Crippen LogP contribution in [0.1, 0.15) is 91.5 Å². The molecule has 0 amide bonds. The SMILES string of the molecule is N.O=CO.[2H]C1=C(C([2H])([2H])[2H])Cc2c([2H])c([2H])c(Oc3ccnc4cc(OCC5(CC(=O)OCc6ccccc6)CC5)c(OC)cc34)c(F)c21.[2H]C1=C(C([2H])([2H])[2H])Cc2c([2H])c([2H])c(Oc3ccnc4cc(OCC5(N)CC5)c(OC)cc34)c(F)c21.[H-]. The van der Waals surface area contributed by atoms with Gasteiger partial charge in [-0.05, 0) is 105 Å². The Labute approximate surface area is 445 Å². The number of hydrogen-bond donors (Lipinski definition) is 3. The average Bonchev–Trinajstić information content (AvgIpc) is 1.71. The Morgan fingerprint density at radius 2 is 1.23 bits per heavy atom. The van der Waals surface area contributed by atoms with Gasteiger partial charge in [0.1, 0.15) is 24.7 Å². The lowest BCUT2D eigenvalue weighted by Gasteiger charge is -2.18. The first-order valence-corrected chi connectivity index (χ1v) is 22.9. The van der Waals surface area contributed by atoms with E-state index in [2.05, 4.69) is 9.97 Å². The third-order valence-electron chi connectivity index (χ3n) is 12.4. The Morgan fingerprint density at radius 3 is 1.69 bits per heavy atom. The summed E-state index contributed by atoms with van der Waals surface area (Å²) in [6, 6.07) is 16.0. The maximum absolute atomic E-state index is 15.8. The van der Waals surface area contributed by atoms with Crippen molar-refractivity contribution in [3.8, 4) is 46.0 Å². The number of fused-ring (bicyclic) bond motifs is 4. The second-order valence-electron chi connectivity index (χ2n) is 17.8. The Balaban J connectivity index is 0.000000239. The summed E-state index contributed by atoms with van der Waals surface area (Å²) in [6.45, 7) is -4.72. The van der Waals surface area contributed by atoms with Crippen LogP contribution in [-0.2, 0) is 33.8 Å². The van der Waals surface area contributed by atoms with Crippen molar-refractivity contribution < 1.29 is 74.5 Å². The number of carboxylic acid groups (broad SMARTS) is 1. The number of rotatable bonds is 16. The van der Waals surface area contributed by atoms with Gasteiger partial charge in [-0.1, -0.05) is 65.7 Å². The van der Waals surface area contributed by atoms with E-state index < -0.39 is 67.1 Å². The Hall–Kier alpha value is -8.08. The summed E-state index contributed by atoms with van der Waals surface area (Å²) in [5.41, 5.74) is 5.96. The van der Waals surface area contributed by atoms with Gasteiger partial charge in [0, 0.05) is 60.1 Å². The van der Waals surface area contributed by atoms with E-state index in [-0.39, 0.29) is 114 Å². The van der Waals surface area contributed by atoms with Crippen molar-refractivity contribution in [1.29, 1.82) is 0 Å². The third kappa shape index (κ3) is 11.9. The van der Waals surface area contributed by atoms with Gasteiger partial charge in [0.15, 0.2) is 46.1 Å². The number of nitrogens with two attached hydrogens (primary N) is 1. The summed E-state index contributed by atoms with van der Waals surface area (Å²) >= 11 is 0. The summed E-state index contributed by atoms with van der Waals surface area (Å²) < 4.78 is 168. The van der Waals surface area contributed by atoms with Crippen molar-refractivity contribution in [2.45, 2.75) is 70.8 Å². The van der Waals surface area contributed by atoms with Crippen LogP contribution in [0.5, 0.6) is 46.0 Å². The first-order valence-electron chi connectivity index (χ1n) is 28.9. The maximum atomic E-state index is 15.8. The fourth-order valence-electron chi connectivity index (χ4n) is 8.00. The lowest BCUT2D eigenvalue weighted by Crippen LogP contribution is -2.29. The zero-order chi connectivity index (χ0) is 61.5. The van der Waals surface area contributed by atoms with Crippen LogP contribution in [0, 0.1) is 17.0 Å². The lowest BCUT2D eigenvalue weighted by molar-refractivity contribution is -0.146. The molecular formula is C58H59F2N4O10-. The molecule has 2 aromatic heterocycles. The topological polar surface area (TPSA) is 206 Å². The van der Waals surface area contributed by atoms with Crippen LogP contribution in [-0.4, -0.2) is 60.5 Å². The number of carbonyl (C=O) groups excluding carboxylic acids is 1. The Morgan fingerprint density at radius 1 is 0.730 bits per heavy atom. The fraction of sp³-hybridized carbons (Fsp3) is 0.276. The molecule has 14 nitrogen and oxygen atoms in total. The summed E-state index contributed by atoms with van der Waals surface area (Å²) in [6.07, 6.45) is 5.87. The van der Waals surface area contributed by atoms with E-state index in [1.165, 1.54) is 38.7 Å². The van der Waals surface area contributed by atoms with Crippen LogP contribution in [0.25, 0.3) is 33.9 Å². The van der Waals surface area contributed by atoms with E-state index in [9.17, 15) is 4.79 Å². The number of ether oxygens (including phenoxy) is 7. The van der Waals surface area contributed by atoms with Crippen molar-refractivity contribution in [3.05, 3.63) is 154 Å². The van der Waals surface area contributed by atoms with Crippen LogP contribution in [0.2, 0.25) is 0 Å². The normalized spacial score (nSPS) is 17.7. The molecule has 5 aromatic carbocycles. The standard InChI is InChI=1S/C33H30FNO5.C24H23FN2O3.CH2O2.H3N.H/c1-21-14-23-8-9-28(32(34)24(23)15-21)40-27-10-13-35-26-17-30(29(37-2)16-25(26)27)39-20-33(11-12-33)18-31(36)38-19-22-6-4-3-5-7-22;1-14-9-15-3-4-20(23(25)16(15)10-14)30-19-5-8-27-18-12-22(21(28-2)11-17(18)19)29-13-24(26)6-7-24;2-1-3;;/h3-10,13,15-17H,11-12,14,18-20H2,1-2H3;3-5,8,10-12H,6-7,9,13,26H2,1-2H3;1H,(H,2,3);1H3;/q;;;;-1/i1D3,8D,9D,15D;1D3,3D,4D,10D;;;. The molecule has 0 spiro atoms. The van der Waals surface area contributed by atoms with Gasteiger partial charge in [-0.3, -0.25) is 19.6 Å². The zero-order valence-electron chi connectivity index (χ0n) is 53.2. The van der Waals surface area contributed by atoms with Gasteiger partial charge in [0.25, 0.3) is 6.47 Å². The summed E-state index contributed by atoms with van der Waals surface area (Å²) in [5, 5.41) is 7.72. The van der Waals surface area contributed by atoms with Gasteiger partial charge in [0.05, 0.1) is 52.0 Å². The molecule has 2 saturated carbocycles.